The highest BCUT2D eigenvalue weighted by Gasteiger charge is 2.53. The maximum absolute atomic E-state index is 6.66. The quantitative estimate of drug-likeness (QED) is 0.230. The molecule has 0 radical (unpaired) electrons. The highest BCUT2D eigenvalue weighted by atomic mass is 35.5. The zero-order chi connectivity index (χ0) is 23.9. The summed E-state index contributed by atoms with van der Waals surface area (Å²) in [5.74, 6) is 0. The van der Waals surface area contributed by atoms with Crippen LogP contribution in [0.5, 0.6) is 0 Å². The molecule has 8 rings (SSSR count). The van der Waals surface area contributed by atoms with E-state index in [9.17, 15) is 0 Å². The molecule has 0 bridgehead atoms. The first-order chi connectivity index (χ1) is 17.8. The van der Waals surface area contributed by atoms with Crippen molar-refractivity contribution in [2.75, 3.05) is 0 Å². The molecule has 5 aromatic carbocycles. The van der Waals surface area contributed by atoms with Crippen molar-refractivity contribution in [1.82, 2.24) is 4.98 Å². The smallest absolute Gasteiger partial charge is 0.0791 e. The molecule has 0 aliphatic heterocycles. The number of rotatable bonds is 1. The van der Waals surface area contributed by atoms with Crippen LogP contribution < -0.4 is 0 Å². The number of hydrogen-bond acceptors (Lipinski definition) is 1. The Morgan fingerprint density at radius 2 is 1.11 bits per heavy atom. The van der Waals surface area contributed by atoms with Gasteiger partial charge in [-0.3, -0.25) is 0 Å². The van der Waals surface area contributed by atoms with E-state index >= 15 is 0 Å². The molecule has 1 spiro atoms. The average Bonchev–Trinajstić information content (AvgIpc) is 3.41. The van der Waals surface area contributed by atoms with Crippen LogP contribution in [0.4, 0.5) is 0 Å². The lowest BCUT2D eigenvalue weighted by molar-refractivity contribution is 0.801. The number of benzene rings is 5. The van der Waals surface area contributed by atoms with E-state index in [0.29, 0.717) is 0 Å². The number of halogens is 1. The molecule has 0 amide bonds. The van der Waals surface area contributed by atoms with Crippen molar-refractivity contribution in [3.63, 3.8) is 0 Å². The first kappa shape index (κ1) is 20.0. The molecular weight excluding hydrogens is 458 g/mol. The molecule has 168 valence electrons. The second-order valence-corrected chi connectivity index (χ2v) is 10.1. The van der Waals surface area contributed by atoms with Gasteiger partial charge >= 0.3 is 0 Å². The second kappa shape index (κ2) is 7.16. The lowest BCUT2D eigenvalue weighted by Crippen LogP contribution is -2.26. The van der Waals surface area contributed by atoms with Gasteiger partial charge in [0.05, 0.1) is 16.6 Å². The van der Waals surface area contributed by atoms with E-state index in [1.807, 2.05) is 6.07 Å². The van der Waals surface area contributed by atoms with Gasteiger partial charge in [0.15, 0.2) is 0 Å². The number of hydrogen-bond donors (Lipinski definition) is 0. The van der Waals surface area contributed by atoms with Gasteiger partial charge in [-0.2, -0.15) is 0 Å². The van der Waals surface area contributed by atoms with E-state index in [1.165, 1.54) is 44.5 Å². The fourth-order valence-electron chi connectivity index (χ4n) is 6.65. The lowest BCUT2D eigenvalue weighted by Gasteiger charge is -2.31. The van der Waals surface area contributed by atoms with Crippen LogP contribution in [-0.2, 0) is 5.41 Å². The van der Waals surface area contributed by atoms with E-state index in [4.69, 9.17) is 16.6 Å². The predicted molar refractivity (Wildman–Crippen MR) is 148 cm³/mol. The van der Waals surface area contributed by atoms with E-state index in [1.54, 1.807) is 0 Å². The third kappa shape index (κ3) is 2.39. The molecule has 0 fully saturated rings. The van der Waals surface area contributed by atoms with Crippen LogP contribution in [0.25, 0.3) is 44.4 Å². The summed E-state index contributed by atoms with van der Waals surface area (Å²) in [6, 6.07) is 43.3. The van der Waals surface area contributed by atoms with Gasteiger partial charge in [0, 0.05) is 21.5 Å². The Labute approximate surface area is 214 Å². The first-order valence-electron chi connectivity index (χ1n) is 12.3. The van der Waals surface area contributed by atoms with Crippen molar-refractivity contribution in [2.24, 2.45) is 0 Å². The monoisotopic (exact) mass is 477 g/mol. The van der Waals surface area contributed by atoms with Gasteiger partial charge in [-0.05, 0) is 57.1 Å². The molecule has 0 saturated heterocycles. The van der Waals surface area contributed by atoms with Crippen LogP contribution in [0.15, 0.2) is 121 Å². The SMILES string of the molecule is Clc1ccc2nc(-c3ccccc3)c3c(c2c1)C1(c2ccccc2-c2ccccc21)c1ccccc1-3. The third-order valence-electron chi connectivity index (χ3n) is 7.92. The number of nitrogens with zero attached hydrogens (tertiary/aromatic N) is 1. The van der Waals surface area contributed by atoms with Crippen LogP contribution in [-0.4, -0.2) is 4.98 Å². The summed E-state index contributed by atoms with van der Waals surface area (Å²) in [4.78, 5) is 5.26. The third-order valence-corrected chi connectivity index (χ3v) is 8.16. The minimum Gasteiger partial charge on any atom is -0.247 e. The molecule has 2 aliphatic rings. The largest absolute Gasteiger partial charge is 0.247 e. The Bertz CT molecular complexity index is 1810. The Morgan fingerprint density at radius 3 is 1.78 bits per heavy atom. The van der Waals surface area contributed by atoms with Crippen molar-refractivity contribution < 1.29 is 0 Å². The van der Waals surface area contributed by atoms with Gasteiger partial charge in [-0.15, -0.1) is 0 Å². The predicted octanol–water partition coefficient (Wildman–Crippen LogP) is 8.90. The van der Waals surface area contributed by atoms with Crippen molar-refractivity contribution in [3.05, 3.63) is 149 Å². The van der Waals surface area contributed by atoms with Gasteiger partial charge in [0.2, 0.25) is 0 Å². The summed E-state index contributed by atoms with van der Waals surface area (Å²) in [7, 11) is 0. The molecular formula is C34H20ClN. The number of fused-ring (bicyclic) bond motifs is 12. The summed E-state index contributed by atoms with van der Waals surface area (Å²) >= 11 is 6.66. The van der Waals surface area contributed by atoms with Crippen molar-refractivity contribution in [2.45, 2.75) is 5.41 Å². The van der Waals surface area contributed by atoms with E-state index in [-0.39, 0.29) is 0 Å². The number of pyridine rings is 1. The highest BCUT2D eigenvalue weighted by Crippen LogP contribution is 2.65. The molecule has 2 aliphatic carbocycles. The Kier molecular flexibility index (Phi) is 3.99. The molecule has 1 heterocycles. The first-order valence-corrected chi connectivity index (χ1v) is 12.6. The fraction of sp³-hybridized carbons (Fsp3) is 0.0294. The Hall–Kier alpha value is -4.20. The van der Waals surface area contributed by atoms with Crippen LogP contribution in [0.2, 0.25) is 5.02 Å². The van der Waals surface area contributed by atoms with Crippen LogP contribution in [0.1, 0.15) is 22.3 Å². The van der Waals surface area contributed by atoms with E-state index in [0.717, 1.165) is 27.2 Å². The molecule has 2 heteroatoms. The normalized spacial score (nSPS) is 13.9. The molecule has 1 aromatic heterocycles. The number of aromatic nitrogens is 1. The van der Waals surface area contributed by atoms with E-state index in [2.05, 4.69) is 115 Å². The van der Waals surface area contributed by atoms with Crippen LogP contribution in [0.3, 0.4) is 0 Å². The van der Waals surface area contributed by atoms with Gasteiger partial charge in [0.1, 0.15) is 0 Å². The van der Waals surface area contributed by atoms with Gasteiger partial charge < -0.3 is 0 Å². The minimum absolute atomic E-state index is 0.436. The molecule has 36 heavy (non-hydrogen) atoms. The average molecular weight is 478 g/mol. The van der Waals surface area contributed by atoms with E-state index < -0.39 is 5.41 Å². The van der Waals surface area contributed by atoms with Crippen LogP contribution in [0, 0.1) is 0 Å². The second-order valence-electron chi connectivity index (χ2n) is 9.62. The topological polar surface area (TPSA) is 12.9 Å². The molecule has 0 N–H and O–H groups in total. The Morgan fingerprint density at radius 1 is 0.556 bits per heavy atom. The van der Waals surface area contributed by atoms with Gasteiger partial charge in [0.25, 0.3) is 0 Å². The van der Waals surface area contributed by atoms with Crippen molar-refractivity contribution >= 4 is 22.5 Å². The van der Waals surface area contributed by atoms with Gasteiger partial charge in [-0.25, -0.2) is 4.98 Å². The summed E-state index contributed by atoms with van der Waals surface area (Å²) in [5, 5.41) is 1.84. The zero-order valence-corrected chi connectivity index (χ0v) is 20.1. The molecule has 0 saturated carbocycles. The standard InChI is InChI=1S/C34H20ClN/c35-22-18-19-30-26(20-22)32-31(33(36-30)21-10-2-1-3-11-21)25-14-6-9-17-29(25)34(32)27-15-7-4-12-23(27)24-13-5-8-16-28(24)34/h1-20H. The zero-order valence-electron chi connectivity index (χ0n) is 19.4. The lowest BCUT2D eigenvalue weighted by atomic mass is 9.69. The van der Waals surface area contributed by atoms with Gasteiger partial charge in [-0.1, -0.05) is 115 Å². The summed E-state index contributed by atoms with van der Waals surface area (Å²) in [6.07, 6.45) is 0. The van der Waals surface area contributed by atoms with Crippen molar-refractivity contribution in [1.29, 1.82) is 0 Å². The summed E-state index contributed by atoms with van der Waals surface area (Å²) in [5.41, 5.74) is 13.0. The highest BCUT2D eigenvalue weighted by molar-refractivity contribution is 6.31. The fourth-order valence-corrected chi connectivity index (χ4v) is 6.82. The minimum atomic E-state index is -0.436. The molecule has 1 nitrogen and oxygen atoms in total. The summed E-state index contributed by atoms with van der Waals surface area (Å²) in [6.45, 7) is 0. The molecule has 6 aromatic rings. The van der Waals surface area contributed by atoms with Crippen LogP contribution >= 0.6 is 11.6 Å². The maximum atomic E-state index is 6.66. The molecule has 0 atom stereocenters. The maximum Gasteiger partial charge on any atom is 0.0791 e. The van der Waals surface area contributed by atoms with Crippen molar-refractivity contribution in [3.8, 4) is 33.5 Å². The summed E-state index contributed by atoms with van der Waals surface area (Å²) < 4.78 is 0. The molecule has 0 unspecified atom stereocenters. The Balaban J connectivity index is 1.67.